The van der Waals surface area contributed by atoms with Crippen LogP contribution in [0.25, 0.3) is 0 Å². The Labute approximate surface area is 185 Å². The SMILES string of the molecule is NC[C@@H]1O[C@@H](O[C@H]2[C@@H](O)[C@H](O[C@@H]3O[C@@H](CO)[C@H](O)[C@@H](N)[C@@H]3O)[C@@H](N)C[C@@H]2N)[C@@H](N)C[C@@H]1O. The lowest BCUT2D eigenvalue weighted by Crippen LogP contribution is -2.68. The molecule has 2 aliphatic heterocycles. The van der Waals surface area contributed by atoms with Crippen LogP contribution in [0.15, 0.2) is 0 Å². The highest BCUT2D eigenvalue weighted by Crippen LogP contribution is 2.30. The van der Waals surface area contributed by atoms with Gasteiger partial charge in [-0.25, -0.2) is 0 Å². The second kappa shape index (κ2) is 10.8. The second-order valence-corrected chi connectivity index (χ2v) is 8.78. The highest BCUT2D eigenvalue weighted by atomic mass is 16.7. The summed E-state index contributed by atoms with van der Waals surface area (Å²) < 4.78 is 22.7. The van der Waals surface area contributed by atoms with Gasteiger partial charge in [-0.1, -0.05) is 0 Å². The Bertz CT molecular complexity index is 607. The average molecular weight is 468 g/mol. The lowest BCUT2D eigenvalue weighted by atomic mass is 9.84. The van der Waals surface area contributed by atoms with E-state index in [4.69, 9.17) is 47.6 Å². The predicted molar refractivity (Wildman–Crippen MR) is 108 cm³/mol. The lowest BCUT2D eigenvalue weighted by molar-refractivity contribution is -0.314. The zero-order chi connectivity index (χ0) is 23.7. The summed E-state index contributed by atoms with van der Waals surface area (Å²) in [4.78, 5) is 0. The van der Waals surface area contributed by atoms with Gasteiger partial charge in [0.05, 0.1) is 30.9 Å². The molecular formula is C18H37N5O9. The third kappa shape index (κ3) is 5.24. The molecule has 2 saturated heterocycles. The largest absolute Gasteiger partial charge is 0.394 e. The molecule has 0 unspecified atom stereocenters. The first-order chi connectivity index (χ1) is 15.1. The van der Waals surface area contributed by atoms with Crippen LogP contribution in [0.2, 0.25) is 0 Å². The van der Waals surface area contributed by atoms with Crippen LogP contribution >= 0.6 is 0 Å². The number of ether oxygens (including phenoxy) is 4. The van der Waals surface area contributed by atoms with Crippen LogP contribution in [0.4, 0.5) is 0 Å². The fraction of sp³-hybridized carbons (Fsp3) is 1.00. The first-order valence-corrected chi connectivity index (χ1v) is 10.8. The van der Waals surface area contributed by atoms with E-state index in [2.05, 4.69) is 0 Å². The van der Waals surface area contributed by atoms with Crippen molar-refractivity contribution in [3.8, 4) is 0 Å². The maximum Gasteiger partial charge on any atom is 0.186 e. The number of aliphatic hydroxyl groups excluding tert-OH is 5. The molecule has 14 nitrogen and oxygen atoms in total. The van der Waals surface area contributed by atoms with Crippen molar-refractivity contribution in [3.63, 3.8) is 0 Å². The molecule has 0 radical (unpaired) electrons. The molecule has 1 saturated carbocycles. The van der Waals surface area contributed by atoms with E-state index in [1.807, 2.05) is 0 Å². The Morgan fingerprint density at radius 2 is 1.28 bits per heavy atom. The molecule has 3 fully saturated rings. The second-order valence-electron chi connectivity index (χ2n) is 8.78. The van der Waals surface area contributed by atoms with Gasteiger partial charge >= 0.3 is 0 Å². The highest BCUT2D eigenvalue weighted by molar-refractivity contribution is 5.01. The van der Waals surface area contributed by atoms with Crippen LogP contribution < -0.4 is 28.7 Å². The van der Waals surface area contributed by atoms with Crippen molar-refractivity contribution in [2.24, 2.45) is 28.7 Å². The van der Waals surface area contributed by atoms with E-state index in [9.17, 15) is 25.5 Å². The van der Waals surface area contributed by atoms with Gasteiger partial charge in [0.15, 0.2) is 12.6 Å². The molecule has 14 heteroatoms. The molecule has 0 aromatic heterocycles. The zero-order valence-electron chi connectivity index (χ0n) is 17.7. The van der Waals surface area contributed by atoms with Crippen LogP contribution in [0, 0.1) is 0 Å². The fourth-order valence-electron chi connectivity index (χ4n) is 4.43. The average Bonchev–Trinajstić information content (AvgIpc) is 2.75. The van der Waals surface area contributed by atoms with Gasteiger partial charge < -0.3 is 73.1 Å². The molecule has 2 heterocycles. The van der Waals surface area contributed by atoms with E-state index in [0.717, 1.165) is 0 Å². The van der Waals surface area contributed by atoms with Crippen molar-refractivity contribution in [3.05, 3.63) is 0 Å². The summed E-state index contributed by atoms with van der Waals surface area (Å²) >= 11 is 0. The van der Waals surface area contributed by atoms with Crippen molar-refractivity contribution in [1.29, 1.82) is 0 Å². The van der Waals surface area contributed by atoms with Crippen molar-refractivity contribution in [2.45, 2.75) is 98.4 Å². The van der Waals surface area contributed by atoms with Gasteiger partial charge in [0.25, 0.3) is 0 Å². The third-order valence-electron chi connectivity index (χ3n) is 6.41. The van der Waals surface area contributed by atoms with Crippen LogP contribution in [-0.4, -0.2) is 124 Å². The normalized spacial score (nSPS) is 52.7. The van der Waals surface area contributed by atoms with Gasteiger partial charge in [0.2, 0.25) is 0 Å². The Balaban J connectivity index is 1.70. The Hall–Kier alpha value is -0.560. The maximum absolute atomic E-state index is 11.0. The topological polar surface area (TPSA) is 268 Å². The van der Waals surface area contributed by atoms with E-state index in [1.165, 1.54) is 0 Å². The van der Waals surface area contributed by atoms with E-state index >= 15 is 0 Å². The monoisotopic (exact) mass is 467 g/mol. The Morgan fingerprint density at radius 3 is 1.84 bits per heavy atom. The summed E-state index contributed by atoms with van der Waals surface area (Å²) in [5.74, 6) is 0. The fourth-order valence-corrected chi connectivity index (χ4v) is 4.43. The standard InChI is InChI=1S/C18H37N5O9/c19-3-9-8(25)2-7(22)17(29-9)31-15-5(20)1-6(21)16(14(15)28)32-18-13(27)11(23)12(26)10(4-24)30-18/h5-18,24-28H,1-4,19-23H2/t5-,6-,7-,8-,9-,10-,11+,12-,13-,14+,15+,16+,17-,18-/m0/s1. The van der Waals surface area contributed by atoms with Gasteiger partial charge in [-0.05, 0) is 12.8 Å². The molecule has 3 rings (SSSR count). The van der Waals surface area contributed by atoms with Crippen LogP contribution in [0.3, 0.4) is 0 Å². The minimum Gasteiger partial charge on any atom is -0.394 e. The van der Waals surface area contributed by atoms with Gasteiger partial charge in [-0.2, -0.15) is 0 Å². The summed E-state index contributed by atoms with van der Waals surface area (Å²) in [6, 6.07) is -3.27. The lowest BCUT2D eigenvalue weighted by Gasteiger charge is -2.47. The minimum absolute atomic E-state index is 0.0542. The van der Waals surface area contributed by atoms with Crippen LogP contribution in [-0.2, 0) is 18.9 Å². The van der Waals surface area contributed by atoms with Crippen LogP contribution in [0.1, 0.15) is 12.8 Å². The van der Waals surface area contributed by atoms with Gasteiger partial charge in [0, 0.05) is 18.6 Å². The van der Waals surface area contributed by atoms with Gasteiger partial charge in [0.1, 0.15) is 36.6 Å². The molecule has 14 atom stereocenters. The maximum atomic E-state index is 11.0. The molecule has 32 heavy (non-hydrogen) atoms. The molecule has 188 valence electrons. The summed E-state index contributed by atoms with van der Waals surface area (Å²) in [5.41, 5.74) is 29.8. The summed E-state index contributed by atoms with van der Waals surface area (Å²) in [6.45, 7) is -0.499. The third-order valence-corrected chi connectivity index (χ3v) is 6.41. The number of hydrogen-bond acceptors (Lipinski definition) is 14. The van der Waals surface area contributed by atoms with Crippen molar-refractivity contribution < 1.29 is 44.5 Å². The summed E-state index contributed by atoms with van der Waals surface area (Å²) in [6.07, 6.45) is -10.8. The molecule has 1 aliphatic carbocycles. The van der Waals surface area contributed by atoms with E-state index in [0.29, 0.717) is 0 Å². The Morgan fingerprint density at radius 1 is 0.719 bits per heavy atom. The molecule has 3 aliphatic rings. The molecule has 0 aromatic carbocycles. The number of rotatable bonds is 6. The molecule has 0 amide bonds. The predicted octanol–water partition coefficient (Wildman–Crippen LogP) is -6.30. The first-order valence-electron chi connectivity index (χ1n) is 10.8. The molecular weight excluding hydrogens is 430 g/mol. The first kappa shape index (κ1) is 26.1. The minimum atomic E-state index is -1.44. The highest BCUT2D eigenvalue weighted by Gasteiger charge is 2.50. The van der Waals surface area contributed by atoms with Gasteiger partial charge in [-0.15, -0.1) is 0 Å². The van der Waals surface area contributed by atoms with E-state index in [-0.39, 0.29) is 19.4 Å². The number of hydrogen-bond donors (Lipinski definition) is 10. The van der Waals surface area contributed by atoms with E-state index in [1.54, 1.807) is 0 Å². The molecule has 15 N–H and O–H groups in total. The Kier molecular flexibility index (Phi) is 8.79. The summed E-state index contributed by atoms with van der Waals surface area (Å²) in [5, 5.41) is 50.7. The van der Waals surface area contributed by atoms with Crippen LogP contribution in [0.5, 0.6) is 0 Å². The van der Waals surface area contributed by atoms with Gasteiger partial charge in [-0.3, -0.25) is 0 Å². The zero-order valence-corrected chi connectivity index (χ0v) is 17.7. The molecule has 0 spiro atoms. The number of aliphatic hydroxyl groups is 5. The number of nitrogens with two attached hydrogens (primary N) is 5. The van der Waals surface area contributed by atoms with Crippen molar-refractivity contribution in [1.82, 2.24) is 0 Å². The van der Waals surface area contributed by atoms with Crippen molar-refractivity contribution >= 4 is 0 Å². The van der Waals surface area contributed by atoms with Crippen molar-refractivity contribution in [2.75, 3.05) is 13.2 Å². The van der Waals surface area contributed by atoms with E-state index < -0.39 is 92.2 Å². The molecule has 0 bridgehead atoms. The summed E-state index contributed by atoms with van der Waals surface area (Å²) in [7, 11) is 0. The molecule has 0 aromatic rings. The smallest absolute Gasteiger partial charge is 0.186 e. The quantitative estimate of drug-likeness (QED) is 0.174.